The second-order valence-electron chi connectivity index (χ2n) is 8.61. The Bertz CT molecular complexity index is 1460. The summed E-state index contributed by atoms with van der Waals surface area (Å²) in [5.41, 5.74) is 3.59. The van der Waals surface area contributed by atoms with Crippen molar-refractivity contribution in [1.82, 2.24) is 4.90 Å². The van der Waals surface area contributed by atoms with Gasteiger partial charge in [-0.15, -0.1) is 0 Å². The number of carbonyl (C=O) groups is 2. The largest absolute Gasteiger partial charge is 0.497 e. The van der Waals surface area contributed by atoms with Crippen LogP contribution >= 0.6 is 0 Å². The summed E-state index contributed by atoms with van der Waals surface area (Å²) < 4.78 is 22.6. The third kappa shape index (κ3) is 4.43. The SMILES string of the molecule is COc1ccc(-c2c(C(=O)c3ccc(OCC(=O)N(C)C)cc3)oc3cc4c(cc23)CC=CO4)cc1. The summed E-state index contributed by atoms with van der Waals surface area (Å²) >= 11 is 0. The summed E-state index contributed by atoms with van der Waals surface area (Å²) in [5.74, 6) is 1.76. The van der Waals surface area contributed by atoms with E-state index in [-0.39, 0.29) is 24.1 Å². The maximum absolute atomic E-state index is 13.7. The molecular formula is C29H25NO6. The van der Waals surface area contributed by atoms with Crippen LogP contribution < -0.4 is 14.2 Å². The molecule has 2 heterocycles. The van der Waals surface area contributed by atoms with Crippen molar-refractivity contribution >= 4 is 22.7 Å². The highest BCUT2D eigenvalue weighted by Crippen LogP contribution is 2.40. The number of nitrogens with zero attached hydrogens (tertiary/aromatic N) is 1. The molecule has 1 aliphatic heterocycles. The summed E-state index contributed by atoms with van der Waals surface area (Å²) in [6, 6.07) is 18.1. The number of carbonyl (C=O) groups excluding carboxylic acids is 2. The molecule has 5 rings (SSSR count). The van der Waals surface area contributed by atoms with Gasteiger partial charge in [0.05, 0.1) is 13.4 Å². The first kappa shape index (κ1) is 23.2. The lowest BCUT2D eigenvalue weighted by Gasteiger charge is -2.11. The summed E-state index contributed by atoms with van der Waals surface area (Å²) in [6.07, 6.45) is 4.34. The standard InChI is InChI=1S/C29H25NO6/c1-30(2)26(31)17-35-22-12-8-19(9-13-22)28(32)29-27(18-6-10-21(33-3)11-7-18)23-15-20-5-4-14-34-24(20)16-25(23)36-29/h4,6-16H,5,17H2,1-3H3. The van der Waals surface area contributed by atoms with Gasteiger partial charge in [-0.3, -0.25) is 9.59 Å². The summed E-state index contributed by atoms with van der Waals surface area (Å²) in [7, 11) is 4.95. The predicted molar refractivity (Wildman–Crippen MR) is 136 cm³/mol. The number of ether oxygens (including phenoxy) is 3. The molecule has 0 unspecified atom stereocenters. The predicted octanol–water partition coefficient (Wildman–Crippen LogP) is 5.26. The van der Waals surface area contributed by atoms with Gasteiger partial charge in [-0.25, -0.2) is 0 Å². The van der Waals surface area contributed by atoms with E-state index in [1.54, 1.807) is 51.7 Å². The summed E-state index contributed by atoms with van der Waals surface area (Å²) in [5, 5.41) is 0.836. The van der Waals surface area contributed by atoms with Crippen molar-refractivity contribution in [3.8, 4) is 28.4 Å². The van der Waals surface area contributed by atoms with Gasteiger partial charge in [-0.2, -0.15) is 0 Å². The quantitative estimate of drug-likeness (QED) is 0.334. The number of amides is 1. The second kappa shape index (κ2) is 9.62. The zero-order chi connectivity index (χ0) is 25.2. The molecule has 7 heteroatoms. The fourth-order valence-corrected chi connectivity index (χ4v) is 4.05. The Morgan fingerprint density at radius 3 is 2.39 bits per heavy atom. The minimum atomic E-state index is -0.259. The Balaban J connectivity index is 1.54. The molecule has 1 amide bonds. The van der Waals surface area contributed by atoms with E-state index >= 15 is 0 Å². The molecule has 0 aliphatic carbocycles. The Morgan fingerprint density at radius 1 is 0.972 bits per heavy atom. The number of hydrogen-bond acceptors (Lipinski definition) is 6. The Labute approximate surface area is 208 Å². The van der Waals surface area contributed by atoms with E-state index in [1.165, 1.54) is 4.90 Å². The van der Waals surface area contributed by atoms with E-state index in [2.05, 4.69) is 0 Å². The van der Waals surface area contributed by atoms with Crippen molar-refractivity contribution in [3.63, 3.8) is 0 Å². The molecule has 0 spiro atoms. The number of ketones is 1. The molecule has 0 fully saturated rings. The number of benzene rings is 3. The Morgan fingerprint density at radius 2 is 1.69 bits per heavy atom. The summed E-state index contributed by atoms with van der Waals surface area (Å²) in [4.78, 5) is 26.9. The van der Waals surface area contributed by atoms with Crippen molar-refractivity contribution < 1.29 is 28.2 Å². The molecular weight excluding hydrogens is 458 g/mol. The van der Waals surface area contributed by atoms with Gasteiger partial charge in [-0.05, 0) is 66.1 Å². The van der Waals surface area contributed by atoms with Crippen LogP contribution in [0.3, 0.4) is 0 Å². The first-order valence-corrected chi connectivity index (χ1v) is 11.5. The molecule has 0 atom stereocenters. The minimum Gasteiger partial charge on any atom is -0.497 e. The lowest BCUT2D eigenvalue weighted by atomic mass is 9.96. The molecule has 3 aromatic carbocycles. The fourth-order valence-electron chi connectivity index (χ4n) is 4.05. The number of furan rings is 1. The van der Waals surface area contributed by atoms with Gasteiger partial charge in [0.15, 0.2) is 12.4 Å². The number of rotatable bonds is 7. The zero-order valence-electron chi connectivity index (χ0n) is 20.2. The van der Waals surface area contributed by atoms with Crippen LogP contribution in [0, 0.1) is 0 Å². The maximum Gasteiger partial charge on any atom is 0.259 e. The van der Waals surface area contributed by atoms with Crippen LogP contribution in [0.25, 0.3) is 22.1 Å². The van der Waals surface area contributed by atoms with Crippen molar-refractivity contribution in [2.45, 2.75) is 6.42 Å². The molecule has 0 N–H and O–H groups in total. The maximum atomic E-state index is 13.7. The highest BCUT2D eigenvalue weighted by molar-refractivity contribution is 6.16. The average molecular weight is 484 g/mol. The van der Waals surface area contributed by atoms with Gasteiger partial charge in [-0.1, -0.05) is 12.1 Å². The monoisotopic (exact) mass is 483 g/mol. The van der Waals surface area contributed by atoms with Gasteiger partial charge in [0.2, 0.25) is 5.78 Å². The molecule has 36 heavy (non-hydrogen) atoms. The number of allylic oxidation sites excluding steroid dienone is 1. The van der Waals surface area contributed by atoms with Crippen LogP contribution in [0.5, 0.6) is 17.2 Å². The zero-order valence-corrected chi connectivity index (χ0v) is 20.2. The molecule has 0 radical (unpaired) electrons. The van der Waals surface area contributed by atoms with Crippen LogP contribution in [0.2, 0.25) is 0 Å². The molecule has 1 aromatic heterocycles. The van der Waals surface area contributed by atoms with Crippen LogP contribution in [-0.4, -0.2) is 44.4 Å². The molecule has 0 saturated carbocycles. The molecule has 4 aromatic rings. The average Bonchev–Trinajstić information content (AvgIpc) is 3.28. The Kier molecular flexibility index (Phi) is 6.21. The highest BCUT2D eigenvalue weighted by atomic mass is 16.5. The lowest BCUT2D eigenvalue weighted by molar-refractivity contribution is -0.130. The molecule has 7 nitrogen and oxygen atoms in total. The van der Waals surface area contributed by atoms with Crippen molar-refractivity contribution in [2.75, 3.05) is 27.8 Å². The van der Waals surface area contributed by atoms with E-state index in [4.69, 9.17) is 18.6 Å². The Hall–Kier alpha value is -4.52. The first-order valence-electron chi connectivity index (χ1n) is 11.5. The molecule has 1 aliphatic rings. The van der Waals surface area contributed by atoms with Crippen LogP contribution in [-0.2, 0) is 11.2 Å². The van der Waals surface area contributed by atoms with Gasteiger partial charge < -0.3 is 23.5 Å². The highest BCUT2D eigenvalue weighted by Gasteiger charge is 2.25. The third-order valence-corrected chi connectivity index (χ3v) is 6.06. The van der Waals surface area contributed by atoms with Gasteiger partial charge in [0.25, 0.3) is 5.91 Å². The van der Waals surface area contributed by atoms with E-state index in [9.17, 15) is 9.59 Å². The van der Waals surface area contributed by atoms with Crippen molar-refractivity contribution in [3.05, 3.63) is 89.9 Å². The van der Waals surface area contributed by atoms with Crippen LogP contribution in [0.15, 0.2) is 77.4 Å². The van der Waals surface area contributed by atoms with Crippen LogP contribution in [0.1, 0.15) is 21.7 Å². The van der Waals surface area contributed by atoms with Crippen molar-refractivity contribution in [2.24, 2.45) is 0 Å². The van der Waals surface area contributed by atoms with E-state index < -0.39 is 0 Å². The molecule has 182 valence electrons. The normalized spacial score (nSPS) is 12.1. The van der Waals surface area contributed by atoms with Gasteiger partial charge in [0, 0.05) is 36.7 Å². The number of hydrogen-bond donors (Lipinski definition) is 0. The van der Waals surface area contributed by atoms with E-state index in [0.717, 1.165) is 28.7 Å². The third-order valence-electron chi connectivity index (χ3n) is 6.06. The molecule has 0 saturated heterocycles. The van der Waals surface area contributed by atoms with Gasteiger partial charge >= 0.3 is 0 Å². The van der Waals surface area contributed by atoms with E-state index in [1.807, 2.05) is 42.5 Å². The van der Waals surface area contributed by atoms with Crippen molar-refractivity contribution in [1.29, 1.82) is 0 Å². The minimum absolute atomic E-state index is 0.0763. The smallest absolute Gasteiger partial charge is 0.259 e. The first-order chi connectivity index (χ1) is 17.4. The summed E-state index contributed by atoms with van der Waals surface area (Å²) in [6.45, 7) is -0.0763. The topological polar surface area (TPSA) is 78.2 Å². The van der Waals surface area contributed by atoms with Gasteiger partial charge in [0.1, 0.15) is 22.8 Å². The second-order valence-corrected chi connectivity index (χ2v) is 8.61. The number of methoxy groups -OCH3 is 1. The fraction of sp³-hybridized carbons (Fsp3) is 0.172. The van der Waals surface area contributed by atoms with E-state index in [0.29, 0.717) is 28.2 Å². The molecule has 0 bridgehead atoms. The lowest BCUT2D eigenvalue weighted by Crippen LogP contribution is -2.27. The van der Waals surface area contributed by atoms with Crippen LogP contribution in [0.4, 0.5) is 0 Å². The number of fused-ring (bicyclic) bond motifs is 2. The number of likely N-dealkylation sites (N-methyl/N-ethyl adjacent to an activating group) is 1.